The largest absolute Gasteiger partial charge is 0.477 e. The predicted octanol–water partition coefficient (Wildman–Crippen LogP) is 1.84. The Morgan fingerprint density at radius 2 is 1.94 bits per heavy atom. The average molecular weight is 297 g/mol. The zero-order valence-electron chi connectivity index (χ0n) is 8.90. The number of carboxylic acids is 1. The number of imidazole rings is 1. The van der Waals surface area contributed by atoms with E-state index in [2.05, 4.69) is 20.9 Å². The van der Waals surface area contributed by atoms with E-state index in [4.69, 9.17) is 5.11 Å². The first-order chi connectivity index (χ1) is 8.00. The van der Waals surface area contributed by atoms with Crippen molar-refractivity contribution in [2.75, 3.05) is 0 Å². The molecule has 0 unspecified atom stereocenters. The smallest absolute Gasteiger partial charge is 0.354 e. The van der Waals surface area contributed by atoms with Gasteiger partial charge in [0.05, 0.1) is 5.69 Å². The van der Waals surface area contributed by atoms with Crippen LogP contribution in [0.25, 0.3) is 11.3 Å². The molecule has 0 atom stereocenters. The number of nitrogens with one attached hydrogen (secondary N) is 1. The molecule has 2 N–H and O–H groups in total. The molecule has 0 aliphatic heterocycles. The molecule has 0 amide bonds. The quantitative estimate of drug-likeness (QED) is 0.888. The molecule has 0 spiro atoms. The second kappa shape index (κ2) is 4.21. The van der Waals surface area contributed by atoms with E-state index in [9.17, 15) is 9.59 Å². The molecule has 1 heterocycles. The van der Waals surface area contributed by atoms with Gasteiger partial charge >= 0.3 is 11.7 Å². The van der Waals surface area contributed by atoms with E-state index in [-0.39, 0.29) is 5.69 Å². The summed E-state index contributed by atoms with van der Waals surface area (Å²) >= 11 is 3.30. The molecule has 0 saturated heterocycles. The van der Waals surface area contributed by atoms with Crippen LogP contribution in [0.5, 0.6) is 0 Å². The number of carbonyl (C=O) groups is 1. The van der Waals surface area contributed by atoms with Gasteiger partial charge in [0.1, 0.15) is 0 Å². The van der Waals surface area contributed by atoms with Crippen LogP contribution in [0.2, 0.25) is 0 Å². The fourth-order valence-electron chi connectivity index (χ4n) is 1.62. The molecular weight excluding hydrogens is 288 g/mol. The summed E-state index contributed by atoms with van der Waals surface area (Å²) in [5.74, 6) is -1.15. The third-order valence-corrected chi connectivity index (χ3v) is 2.97. The second-order valence-corrected chi connectivity index (χ2v) is 4.44. The number of hydrogen-bond donors (Lipinski definition) is 2. The van der Waals surface area contributed by atoms with Gasteiger partial charge in [-0.1, -0.05) is 28.1 Å². The van der Waals surface area contributed by atoms with Gasteiger partial charge in [0, 0.05) is 17.1 Å². The summed E-state index contributed by atoms with van der Waals surface area (Å²) in [7, 11) is 1.53. The van der Waals surface area contributed by atoms with Crippen molar-refractivity contribution in [2.24, 2.45) is 7.05 Å². The van der Waals surface area contributed by atoms with Crippen molar-refractivity contribution < 1.29 is 9.90 Å². The van der Waals surface area contributed by atoms with Crippen molar-refractivity contribution in [3.8, 4) is 11.3 Å². The minimum absolute atomic E-state index is 0.0974. The lowest BCUT2D eigenvalue weighted by molar-refractivity contribution is 0.0691. The number of hydrogen-bond acceptors (Lipinski definition) is 2. The Kier molecular flexibility index (Phi) is 2.89. The molecule has 17 heavy (non-hydrogen) atoms. The Bertz CT molecular complexity index is 625. The zero-order chi connectivity index (χ0) is 12.6. The highest BCUT2D eigenvalue weighted by Crippen LogP contribution is 2.23. The first-order valence-electron chi connectivity index (χ1n) is 4.79. The van der Waals surface area contributed by atoms with Crippen LogP contribution in [-0.4, -0.2) is 20.6 Å². The summed E-state index contributed by atoms with van der Waals surface area (Å²) in [6, 6.07) is 7.08. The van der Waals surface area contributed by atoms with E-state index in [1.54, 1.807) is 24.3 Å². The number of H-pyrrole nitrogens is 1. The van der Waals surface area contributed by atoms with Crippen molar-refractivity contribution in [1.82, 2.24) is 9.55 Å². The summed E-state index contributed by atoms with van der Waals surface area (Å²) < 4.78 is 2.17. The highest BCUT2D eigenvalue weighted by Gasteiger charge is 2.18. The Labute approximate surface area is 105 Å². The van der Waals surface area contributed by atoms with E-state index in [1.165, 1.54) is 11.6 Å². The number of rotatable bonds is 2. The molecule has 0 fully saturated rings. The number of halogens is 1. The number of nitrogens with zero attached hydrogens (tertiary/aromatic N) is 1. The predicted molar refractivity (Wildman–Crippen MR) is 66.1 cm³/mol. The van der Waals surface area contributed by atoms with Crippen molar-refractivity contribution in [3.05, 3.63) is 44.9 Å². The molecule has 88 valence electrons. The van der Waals surface area contributed by atoms with Crippen molar-refractivity contribution >= 4 is 21.9 Å². The molecule has 1 aromatic carbocycles. The molecule has 2 aromatic rings. The molecule has 5 nitrogen and oxygen atoms in total. The molecule has 0 bridgehead atoms. The van der Waals surface area contributed by atoms with Gasteiger partial charge in [-0.15, -0.1) is 0 Å². The lowest BCUT2D eigenvalue weighted by atomic mass is 10.1. The van der Waals surface area contributed by atoms with Gasteiger partial charge in [-0.05, 0) is 12.1 Å². The maximum absolute atomic E-state index is 11.4. The maximum atomic E-state index is 11.4. The van der Waals surface area contributed by atoms with Crippen LogP contribution < -0.4 is 5.69 Å². The molecule has 0 radical (unpaired) electrons. The number of aromatic amines is 1. The van der Waals surface area contributed by atoms with Gasteiger partial charge in [-0.2, -0.15) is 0 Å². The van der Waals surface area contributed by atoms with Gasteiger partial charge in [0.15, 0.2) is 5.69 Å². The third kappa shape index (κ3) is 2.03. The molecule has 6 heteroatoms. The van der Waals surface area contributed by atoms with Gasteiger partial charge in [-0.25, -0.2) is 9.59 Å². The Balaban J connectivity index is 2.69. The van der Waals surface area contributed by atoms with Crippen LogP contribution in [0.1, 0.15) is 10.5 Å². The van der Waals surface area contributed by atoms with Crippen LogP contribution in [0.4, 0.5) is 0 Å². The van der Waals surface area contributed by atoms with Crippen molar-refractivity contribution in [1.29, 1.82) is 0 Å². The Hall–Kier alpha value is -1.82. The second-order valence-electron chi connectivity index (χ2n) is 3.52. The van der Waals surface area contributed by atoms with Crippen LogP contribution in [-0.2, 0) is 7.05 Å². The summed E-state index contributed by atoms with van der Waals surface area (Å²) in [5, 5.41) is 9.03. The topological polar surface area (TPSA) is 75.1 Å². The number of benzene rings is 1. The van der Waals surface area contributed by atoms with E-state index >= 15 is 0 Å². The van der Waals surface area contributed by atoms with Gasteiger partial charge < -0.3 is 5.11 Å². The van der Waals surface area contributed by atoms with E-state index < -0.39 is 11.7 Å². The first-order valence-corrected chi connectivity index (χ1v) is 5.58. The van der Waals surface area contributed by atoms with E-state index in [0.717, 1.165) is 4.47 Å². The summed E-state index contributed by atoms with van der Waals surface area (Å²) in [5.41, 5.74) is 0.501. The van der Waals surface area contributed by atoms with Crippen LogP contribution in [0.15, 0.2) is 33.5 Å². The first kappa shape index (κ1) is 11.7. The third-order valence-electron chi connectivity index (χ3n) is 2.44. The molecule has 0 saturated carbocycles. The highest BCUT2D eigenvalue weighted by molar-refractivity contribution is 9.10. The fourth-order valence-corrected chi connectivity index (χ4v) is 1.88. The molecule has 1 aromatic heterocycles. The minimum atomic E-state index is -1.15. The number of aromatic nitrogens is 2. The molecule has 0 aliphatic carbocycles. The number of carboxylic acid groups (broad SMARTS) is 1. The lowest BCUT2D eigenvalue weighted by Gasteiger charge is -2.03. The van der Waals surface area contributed by atoms with Gasteiger partial charge in [-0.3, -0.25) is 9.55 Å². The number of aromatic carboxylic acids is 1. The summed E-state index contributed by atoms with van der Waals surface area (Å²) in [6.45, 7) is 0. The standard InChI is InChI=1S/C11H9BrN2O3/c1-14-9(6-2-4-7(12)5-3-6)8(10(15)16)13-11(14)17/h2-5H,1H3,(H,13,17)(H,15,16). The van der Waals surface area contributed by atoms with E-state index in [0.29, 0.717) is 11.3 Å². The normalized spacial score (nSPS) is 10.5. The van der Waals surface area contributed by atoms with Crippen LogP contribution in [0, 0.1) is 0 Å². The average Bonchev–Trinajstić information content (AvgIpc) is 2.57. The zero-order valence-corrected chi connectivity index (χ0v) is 10.5. The lowest BCUT2D eigenvalue weighted by Crippen LogP contribution is -2.13. The van der Waals surface area contributed by atoms with E-state index in [1.807, 2.05) is 0 Å². The maximum Gasteiger partial charge on any atom is 0.354 e. The molecule has 0 aliphatic rings. The summed E-state index contributed by atoms with van der Waals surface area (Å²) in [6.07, 6.45) is 0. The fraction of sp³-hybridized carbons (Fsp3) is 0.0909. The van der Waals surface area contributed by atoms with Gasteiger partial charge in [0.2, 0.25) is 0 Å². The highest BCUT2D eigenvalue weighted by atomic mass is 79.9. The Morgan fingerprint density at radius 3 is 2.47 bits per heavy atom. The monoisotopic (exact) mass is 296 g/mol. The molecular formula is C11H9BrN2O3. The Morgan fingerprint density at radius 1 is 1.35 bits per heavy atom. The molecule has 2 rings (SSSR count). The summed E-state index contributed by atoms with van der Waals surface area (Å²) in [4.78, 5) is 24.8. The minimum Gasteiger partial charge on any atom is -0.477 e. The SMILES string of the molecule is Cn1c(-c2ccc(Br)cc2)c(C(=O)O)[nH]c1=O. The van der Waals surface area contributed by atoms with Crippen molar-refractivity contribution in [3.63, 3.8) is 0 Å². The van der Waals surface area contributed by atoms with Crippen molar-refractivity contribution in [2.45, 2.75) is 0 Å². The van der Waals surface area contributed by atoms with Gasteiger partial charge in [0.25, 0.3) is 0 Å². The van der Waals surface area contributed by atoms with Crippen LogP contribution in [0.3, 0.4) is 0 Å². The van der Waals surface area contributed by atoms with Crippen LogP contribution >= 0.6 is 15.9 Å².